The van der Waals surface area contributed by atoms with Crippen molar-refractivity contribution in [3.05, 3.63) is 0 Å². The quantitative estimate of drug-likeness (QED) is 0.422. The standard InChI is InChI=1S/C17H35N2O5P/c1-11(2)9-14(16(20)23-7)18-25(22,13(5)6)19-15(10-12(3)4)17(21)24-8/h11-15H,9-10H2,1-8H3,(H2,18,19,22)/t14-,15-/m0/s1. The fraction of sp³-hybridized carbons (Fsp3) is 0.882. The number of hydrogen-bond donors (Lipinski definition) is 2. The predicted molar refractivity (Wildman–Crippen MR) is 99.5 cm³/mol. The average Bonchev–Trinajstić information content (AvgIpc) is 2.50. The third-order valence-electron chi connectivity index (χ3n) is 3.81. The number of esters is 2. The first-order chi connectivity index (χ1) is 11.5. The second-order valence-corrected chi connectivity index (χ2v) is 10.3. The Morgan fingerprint density at radius 1 is 0.800 bits per heavy atom. The largest absolute Gasteiger partial charge is 0.468 e. The summed E-state index contributed by atoms with van der Waals surface area (Å²) in [6, 6.07) is -1.41. The maximum Gasteiger partial charge on any atom is 0.323 e. The number of rotatable bonds is 11. The summed E-state index contributed by atoms with van der Waals surface area (Å²) in [7, 11) is -0.639. The number of ether oxygens (including phenoxy) is 2. The van der Waals surface area contributed by atoms with Gasteiger partial charge in [0.1, 0.15) is 12.1 Å². The number of hydrogen-bond acceptors (Lipinski definition) is 5. The van der Waals surface area contributed by atoms with Gasteiger partial charge in [0.15, 0.2) is 0 Å². The van der Waals surface area contributed by atoms with E-state index in [1.165, 1.54) is 14.2 Å². The van der Waals surface area contributed by atoms with Crippen LogP contribution < -0.4 is 10.2 Å². The lowest BCUT2D eigenvalue weighted by molar-refractivity contribution is -0.143. The molecule has 0 spiro atoms. The second kappa shape index (κ2) is 10.9. The van der Waals surface area contributed by atoms with Gasteiger partial charge in [0.25, 0.3) is 0 Å². The molecule has 25 heavy (non-hydrogen) atoms. The SMILES string of the molecule is COC(=O)[C@H](CC(C)C)NP(=O)(N[C@@H](CC(C)C)C(=O)OC)C(C)C. The normalized spacial score (nSPS) is 14.7. The first-order valence-electron chi connectivity index (χ1n) is 8.77. The van der Waals surface area contributed by atoms with Crippen LogP contribution in [0.1, 0.15) is 54.4 Å². The molecule has 2 atom stereocenters. The maximum absolute atomic E-state index is 13.5. The lowest BCUT2D eigenvalue weighted by atomic mass is 10.1. The van der Waals surface area contributed by atoms with Crippen LogP contribution in [0.25, 0.3) is 0 Å². The molecule has 0 fully saturated rings. The van der Waals surface area contributed by atoms with Gasteiger partial charge in [-0.1, -0.05) is 41.5 Å². The van der Waals surface area contributed by atoms with E-state index in [0.717, 1.165) is 0 Å². The second-order valence-electron chi connectivity index (χ2n) is 7.42. The van der Waals surface area contributed by atoms with E-state index in [-0.39, 0.29) is 17.5 Å². The van der Waals surface area contributed by atoms with E-state index >= 15 is 0 Å². The van der Waals surface area contributed by atoms with E-state index in [0.29, 0.717) is 12.8 Å². The van der Waals surface area contributed by atoms with Crippen molar-refractivity contribution in [1.29, 1.82) is 0 Å². The maximum atomic E-state index is 13.5. The highest BCUT2D eigenvalue weighted by Gasteiger charge is 2.37. The Kier molecular flexibility index (Phi) is 10.5. The number of carbonyl (C=O) groups is 2. The molecule has 0 heterocycles. The van der Waals surface area contributed by atoms with Gasteiger partial charge in [-0.25, -0.2) is 10.2 Å². The predicted octanol–water partition coefficient (Wildman–Crippen LogP) is 2.94. The summed E-state index contributed by atoms with van der Waals surface area (Å²) in [5.41, 5.74) is -0.314. The smallest absolute Gasteiger partial charge is 0.323 e. The number of methoxy groups -OCH3 is 2. The first kappa shape index (κ1) is 24.1. The van der Waals surface area contributed by atoms with Gasteiger partial charge in [-0.05, 0) is 24.7 Å². The fourth-order valence-electron chi connectivity index (χ4n) is 2.43. The van der Waals surface area contributed by atoms with Gasteiger partial charge < -0.3 is 9.47 Å². The zero-order valence-electron chi connectivity index (χ0n) is 16.8. The molecule has 0 radical (unpaired) electrons. The summed E-state index contributed by atoms with van der Waals surface area (Å²) < 4.78 is 23.2. The Labute approximate surface area is 152 Å². The Morgan fingerprint density at radius 2 is 1.12 bits per heavy atom. The van der Waals surface area contributed by atoms with E-state index < -0.39 is 31.5 Å². The van der Waals surface area contributed by atoms with E-state index in [4.69, 9.17) is 9.47 Å². The minimum Gasteiger partial charge on any atom is -0.468 e. The van der Waals surface area contributed by atoms with Crippen molar-refractivity contribution in [2.75, 3.05) is 14.2 Å². The summed E-state index contributed by atoms with van der Waals surface area (Å²) in [6.07, 6.45) is 0.969. The molecule has 0 bridgehead atoms. The Morgan fingerprint density at radius 3 is 1.32 bits per heavy atom. The van der Waals surface area contributed by atoms with Crippen molar-refractivity contribution < 1.29 is 23.6 Å². The summed E-state index contributed by atoms with van der Waals surface area (Å²) in [6.45, 7) is 11.5. The molecule has 7 nitrogen and oxygen atoms in total. The van der Waals surface area contributed by atoms with Crippen LogP contribution in [0.2, 0.25) is 0 Å². The zero-order valence-corrected chi connectivity index (χ0v) is 17.7. The van der Waals surface area contributed by atoms with Crippen LogP contribution in [0, 0.1) is 11.8 Å². The highest BCUT2D eigenvalue weighted by molar-refractivity contribution is 7.60. The van der Waals surface area contributed by atoms with Crippen molar-refractivity contribution in [2.24, 2.45) is 11.8 Å². The van der Waals surface area contributed by atoms with Gasteiger partial charge in [0, 0.05) is 5.66 Å². The monoisotopic (exact) mass is 378 g/mol. The Balaban J connectivity index is 5.51. The summed E-state index contributed by atoms with van der Waals surface area (Å²) in [5.74, 6) is -0.502. The molecule has 8 heteroatoms. The van der Waals surface area contributed by atoms with Crippen molar-refractivity contribution in [2.45, 2.75) is 72.1 Å². The van der Waals surface area contributed by atoms with Crippen LogP contribution >= 0.6 is 7.44 Å². The van der Waals surface area contributed by atoms with Crippen LogP contribution in [0.4, 0.5) is 0 Å². The lowest BCUT2D eigenvalue weighted by Gasteiger charge is -2.32. The van der Waals surface area contributed by atoms with E-state index in [1.54, 1.807) is 13.8 Å². The molecule has 2 N–H and O–H groups in total. The molecule has 0 unspecified atom stereocenters. The molecule has 0 aromatic rings. The number of carbonyl (C=O) groups excluding carboxylic acids is 2. The average molecular weight is 378 g/mol. The van der Waals surface area contributed by atoms with Gasteiger partial charge in [-0.15, -0.1) is 0 Å². The third kappa shape index (κ3) is 8.34. The highest BCUT2D eigenvalue weighted by Crippen LogP contribution is 2.44. The molecule has 0 rings (SSSR count). The zero-order chi connectivity index (χ0) is 19.8. The molecule has 0 aliphatic heterocycles. The van der Waals surface area contributed by atoms with Crippen LogP contribution in [0.15, 0.2) is 0 Å². The first-order valence-corrected chi connectivity index (χ1v) is 10.5. The van der Waals surface area contributed by atoms with E-state index in [9.17, 15) is 14.2 Å². The van der Waals surface area contributed by atoms with Gasteiger partial charge >= 0.3 is 11.9 Å². The van der Waals surface area contributed by atoms with Gasteiger partial charge in [-0.3, -0.25) is 14.2 Å². The molecule has 0 aromatic heterocycles. The minimum atomic E-state index is -3.25. The molecular weight excluding hydrogens is 343 g/mol. The lowest BCUT2D eigenvalue weighted by Crippen LogP contribution is -2.46. The van der Waals surface area contributed by atoms with Crippen molar-refractivity contribution >= 4 is 19.4 Å². The highest BCUT2D eigenvalue weighted by atomic mass is 31.2. The van der Waals surface area contributed by atoms with Gasteiger partial charge in [0.2, 0.25) is 7.44 Å². The molecular formula is C17H35N2O5P. The molecule has 0 aliphatic rings. The van der Waals surface area contributed by atoms with Gasteiger partial charge in [0.05, 0.1) is 14.2 Å². The molecule has 0 amide bonds. The van der Waals surface area contributed by atoms with Crippen molar-refractivity contribution in [3.63, 3.8) is 0 Å². The molecule has 0 saturated heterocycles. The van der Waals surface area contributed by atoms with Crippen LogP contribution in [-0.4, -0.2) is 43.9 Å². The number of nitrogens with one attached hydrogen (secondary N) is 2. The van der Waals surface area contributed by atoms with Gasteiger partial charge in [-0.2, -0.15) is 0 Å². The van der Waals surface area contributed by atoms with Crippen LogP contribution in [-0.2, 0) is 23.6 Å². The topological polar surface area (TPSA) is 93.7 Å². The van der Waals surface area contributed by atoms with Crippen molar-refractivity contribution in [1.82, 2.24) is 10.2 Å². The minimum absolute atomic E-state index is 0.212. The van der Waals surface area contributed by atoms with Crippen molar-refractivity contribution in [3.8, 4) is 0 Å². The molecule has 0 aliphatic carbocycles. The van der Waals surface area contributed by atoms with Crippen LogP contribution in [0.3, 0.4) is 0 Å². The molecule has 0 aromatic carbocycles. The van der Waals surface area contributed by atoms with E-state index in [2.05, 4.69) is 10.2 Å². The Bertz CT molecular complexity index is 444. The van der Waals surface area contributed by atoms with E-state index in [1.807, 2.05) is 27.7 Å². The Hall–Kier alpha value is -0.910. The fourth-order valence-corrected chi connectivity index (χ4v) is 4.45. The summed E-state index contributed by atoms with van der Waals surface area (Å²) >= 11 is 0. The van der Waals surface area contributed by atoms with Crippen LogP contribution in [0.5, 0.6) is 0 Å². The molecule has 0 saturated carbocycles. The molecule has 148 valence electrons. The summed E-state index contributed by atoms with van der Waals surface area (Å²) in [4.78, 5) is 24.2. The third-order valence-corrected chi connectivity index (χ3v) is 6.65. The summed E-state index contributed by atoms with van der Waals surface area (Å²) in [5, 5.41) is 5.91.